The molecule has 2 aromatic heterocycles. The highest BCUT2D eigenvalue weighted by Gasteiger charge is 2.27. The molecule has 0 bridgehead atoms. The van der Waals surface area contributed by atoms with Crippen LogP contribution in [0.2, 0.25) is 0 Å². The van der Waals surface area contributed by atoms with E-state index in [1.165, 1.54) is 23.9 Å². The third-order valence-corrected chi connectivity index (χ3v) is 8.10. The molecular formula is C22H28N6O4S. The van der Waals surface area contributed by atoms with Crippen molar-refractivity contribution >= 4 is 38.5 Å². The number of H-pyrrole nitrogens is 1. The molecule has 3 heterocycles. The van der Waals surface area contributed by atoms with Crippen LogP contribution in [0.4, 0.5) is 17.5 Å². The predicted octanol–water partition coefficient (Wildman–Crippen LogP) is 3.00. The zero-order valence-electron chi connectivity index (χ0n) is 18.7. The second-order valence-electron chi connectivity index (χ2n) is 8.37. The standard InChI is InChI=1S/C22H28N6O4S/c1-14-13-23-20-19(14)21(24-15-4-3-5-15)27-22(26-20)25-17-7-6-16(12-18(17)31-2)33(29,30)28-8-10-32-11-9-28/h6-7,12-13,15H,3-5,8-11H2,1-2H3,(H3,23,24,25,26,27). The van der Waals surface area contributed by atoms with Crippen LogP contribution < -0.4 is 15.4 Å². The molecule has 10 nitrogen and oxygen atoms in total. The van der Waals surface area contributed by atoms with Crippen molar-refractivity contribution in [1.82, 2.24) is 19.3 Å². The summed E-state index contributed by atoms with van der Waals surface area (Å²) in [7, 11) is -2.12. The molecule has 0 radical (unpaired) electrons. The number of nitrogens with one attached hydrogen (secondary N) is 3. The average molecular weight is 473 g/mol. The van der Waals surface area contributed by atoms with E-state index in [1.807, 2.05) is 13.1 Å². The number of aryl methyl sites for hydroxylation is 1. The normalized spacial score (nSPS) is 17.6. The van der Waals surface area contributed by atoms with E-state index in [0.29, 0.717) is 49.7 Å². The molecule has 5 rings (SSSR count). The summed E-state index contributed by atoms with van der Waals surface area (Å²) >= 11 is 0. The average Bonchev–Trinajstić information content (AvgIpc) is 3.17. The van der Waals surface area contributed by atoms with Gasteiger partial charge >= 0.3 is 0 Å². The molecule has 1 aliphatic carbocycles. The van der Waals surface area contributed by atoms with E-state index in [0.717, 1.165) is 35.3 Å². The Morgan fingerprint density at radius 3 is 2.70 bits per heavy atom. The van der Waals surface area contributed by atoms with Gasteiger partial charge in [0.2, 0.25) is 16.0 Å². The molecule has 3 N–H and O–H groups in total. The molecule has 3 aromatic rings. The van der Waals surface area contributed by atoms with E-state index in [1.54, 1.807) is 12.1 Å². The van der Waals surface area contributed by atoms with Gasteiger partial charge < -0.3 is 25.1 Å². The second kappa shape index (κ2) is 8.81. The molecular weight excluding hydrogens is 444 g/mol. The van der Waals surface area contributed by atoms with E-state index in [9.17, 15) is 8.42 Å². The summed E-state index contributed by atoms with van der Waals surface area (Å²) in [5.41, 5.74) is 2.39. The number of methoxy groups -OCH3 is 1. The van der Waals surface area contributed by atoms with Gasteiger partial charge in [0.25, 0.3) is 0 Å². The fourth-order valence-corrected chi connectivity index (χ4v) is 5.51. The molecule has 2 fully saturated rings. The van der Waals surface area contributed by atoms with E-state index in [2.05, 4.69) is 20.6 Å². The maximum atomic E-state index is 13.0. The van der Waals surface area contributed by atoms with Crippen molar-refractivity contribution in [2.45, 2.75) is 37.1 Å². The summed E-state index contributed by atoms with van der Waals surface area (Å²) in [6.07, 6.45) is 5.40. The van der Waals surface area contributed by atoms with Crippen molar-refractivity contribution in [3.8, 4) is 5.75 Å². The number of hydrogen-bond donors (Lipinski definition) is 3. The SMILES string of the molecule is COc1cc(S(=O)(=O)N2CCOCC2)ccc1Nc1nc(NC2CCC2)c2c(C)c[nH]c2n1. The fourth-order valence-electron chi connectivity index (χ4n) is 4.09. The Labute approximate surface area is 192 Å². The molecule has 1 saturated heterocycles. The summed E-state index contributed by atoms with van der Waals surface area (Å²) in [5.74, 6) is 1.58. The highest BCUT2D eigenvalue weighted by molar-refractivity contribution is 7.89. The fraction of sp³-hybridized carbons (Fsp3) is 0.455. The summed E-state index contributed by atoms with van der Waals surface area (Å²) in [6, 6.07) is 5.20. The van der Waals surface area contributed by atoms with Gasteiger partial charge in [-0.2, -0.15) is 14.3 Å². The highest BCUT2D eigenvalue weighted by Crippen LogP contribution is 2.33. The van der Waals surface area contributed by atoms with E-state index in [4.69, 9.17) is 14.5 Å². The molecule has 11 heteroatoms. The van der Waals surface area contributed by atoms with E-state index in [-0.39, 0.29) is 4.90 Å². The number of morpholine rings is 1. The largest absolute Gasteiger partial charge is 0.495 e. The van der Waals surface area contributed by atoms with Gasteiger partial charge in [0.15, 0.2) is 0 Å². The van der Waals surface area contributed by atoms with E-state index < -0.39 is 10.0 Å². The van der Waals surface area contributed by atoms with Crippen molar-refractivity contribution in [2.75, 3.05) is 44.0 Å². The Morgan fingerprint density at radius 1 is 1.21 bits per heavy atom. The van der Waals surface area contributed by atoms with Gasteiger partial charge in [-0.15, -0.1) is 0 Å². The Hall–Kier alpha value is -2.89. The number of anilines is 3. The van der Waals surface area contributed by atoms with Gasteiger partial charge in [0, 0.05) is 31.4 Å². The Morgan fingerprint density at radius 2 is 2.00 bits per heavy atom. The van der Waals surface area contributed by atoms with Crippen LogP contribution in [0, 0.1) is 6.92 Å². The summed E-state index contributed by atoms with van der Waals surface area (Å²) in [5, 5.41) is 7.71. The van der Waals surface area contributed by atoms with E-state index >= 15 is 0 Å². The molecule has 1 aliphatic heterocycles. The Balaban J connectivity index is 1.45. The molecule has 1 aromatic carbocycles. The number of benzene rings is 1. The number of nitrogens with zero attached hydrogens (tertiary/aromatic N) is 3. The lowest BCUT2D eigenvalue weighted by Crippen LogP contribution is -2.40. The number of ether oxygens (including phenoxy) is 2. The molecule has 2 aliphatic rings. The molecule has 0 amide bonds. The lowest BCUT2D eigenvalue weighted by molar-refractivity contribution is 0.0730. The van der Waals surface area contributed by atoms with Gasteiger partial charge in [-0.25, -0.2) is 8.42 Å². The van der Waals surface area contributed by atoms with Gasteiger partial charge in [-0.1, -0.05) is 0 Å². The maximum absolute atomic E-state index is 13.0. The molecule has 176 valence electrons. The van der Waals surface area contributed by atoms with Crippen molar-refractivity contribution in [3.63, 3.8) is 0 Å². The first-order valence-corrected chi connectivity index (χ1v) is 12.5. The minimum Gasteiger partial charge on any atom is -0.495 e. The molecule has 0 spiro atoms. The molecule has 33 heavy (non-hydrogen) atoms. The van der Waals surface area contributed by atoms with Crippen LogP contribution in [0.3, 0.4) is 0 Å². The van der Waals surface area contributed by atoms with Crippen molar-refractivity contribution in [3.05, 3.63) is 30.0 Å². The number of fused-ring (bicyclic) bond motifs is 1. The van der Waals surface area contributed by atoms with Crippen LogP contribution in [-0.4, -0.2) is 67.1 Å². The Bertz CT molecular complexity index is 1270. The number of hydrogen-bond acceptors (Lipinski definition) is 8. The topological polar surface area (TPSA) is 121 Å². The lowest BCUT2D eigenvalue weighted by Gasteiger charge is -2.27. The van der Waals surface area contributed by atoms with Gasteiger partial charge in [-0.05, 0) is 43.9 Å². The van der Waals surface area contributed by atoms with Crippen molar-refractivity contribution in [1.29, 1.82) is 0 Å². The van der Waals surface area contributed by atoms with Crippen LogP contribution in [0.5, 0.6) is 5.75 Å². The first-order valence-electron chi connectivity index (χ1n) is 11.1. The number of rotatable bonds is 7. The molecule has 1 saturated carbocycles. The number of aromatic amines is 1. The number of aromatic nitrogens is 3. The first-order chi connectivity index (χ1) is 16.0. The third-order valence-electron chi connectivity index (χ3n) is 6.20. The number of sulfonamides is 1. The van der Waals surface area contributed by atoms with Crippen LogP contribution >= 0.6 is 0 Å². The summed E-state index contributed by atoms with van der Waals surface area (Å²) in [4.78, 5) is 12.7. The molecule has 0 atom stereocenters. The van der Waals surface area contributed by atoms with Crippen molar-refractivity contribution < 1.29 is 17.9 Å². The lowest BCUT2D eigenvalue weighted by atomic mass is 9.93. The molecule has 0 unspecified atom stereocenters. The Kier molecular flexibility index (Phi) is 5.85. The van der Waals surface area contributed by atoms with Gasteiger partial charge in [0.1, 0.15) is 17.2 Å². The quantitative estimate of drug-likeness (QED) is 0.480. The minimum atomic E-state index is -3.63. The smallest absolute Gasteiger partial charge is 0.243 e. The van der Waals surface area contributed by atoms with Crippen LogP contribution in [0.1, 0.15) is 24.8 Å². The van der Waals surface area contributed by atoms with Crippen LogP contribution in [0.15, 0.2) is 29.3 Å². The summed E-state index contributed by atoms with van der Waals surface area (Å²) in [6.45, 7) is 3.49. The zero-order chi connectivity index (χ0) is 23.0. The third kappa shape index (κ3) is 4.23. The monoisotopic (exact) mass is 472 g/mol. The zero-order valence-corrected chi connectivity index (χ0v) is 19.5. The minimum absolute atomic E-state index is 0.176. The maximum Gasteiger partial charge on any atom is 0.243 e. The highest BCUT2D eigenvalue weighted by atomic mass is 32.2. The summed E-state index contributed by atoms with van der Waals surface area (Å²) < 4.78 is 38.2. The first kappa shape index (κ1) is 21.9. The van der Waals surface area contributed by atoms with Crippen molar-refractivity contribution in [2.24, 2.45) is 0 Å². The van der Waals surface area contributed by atoms with Crippen LogP contribution in [0.25, 0.3) is 11.0 Å². The van der Waals surface area contributed by atoms with Gasteiger partial charge in [-0.3, -0.25) is 0 Å². The second-order valence-corrected chi connectivity index (χ2v) is 10.3. The predicted molar refractivity (Wildman–Crippen MR) is 126 cm³/mol. The van der Waals surface area contributed by atoms with Gasteiger partial charge in [0.05, 0.1) is 36.3 Å². The van der Waals surface area contributed by atoms with Crippen LogP contribution in [-0.2, 0) is 14.8 Å².